The molecule has 3 heterocycles. The molecule has 3 rings (SSSR count). The quantitative estimate of drug-likeness (QED) is 0.847. The van der Waals surface area contributed by atoms with Gasteiger partial charge in [-0.3, -0.25) is 14.2 Å². The average molecular weight is 293 g/mol. The summed E-state index contributed by atoms with van der Waals surface area (Å²) in [4.78, 5) is 40.7. The maximum absolute atomic E-state index is 12.4. The summed E-state index contributed by atoms with van der Waals surface area (Å²) in [5, 5.41) is 0. The first-order valence-electron chi connectivity index (χ1n) is 7.40. The molecule has 21 heavy (non-hydrogen) atoms. The van der Waals surface area contributed by atoms with E-state index in [1.165, 1.54) is 6.20 Å². The molecule has 0 aromatic carbocycles. The van der Waals surface area contributed by atoms with Gasteiger partial charge in [0, 0.05) is 25.9 Å². The van der Waals surface area contributed by atoms with E-state index in [0.717, 1.165) is 30.3 Å². The first-order chi connectivity index (χ1) is 10.2. The van der Waals surface area contributed by atoms with Crippen molar-refractivity contribution in [3.05, 3.63) is 32.6 Å². The molecule has 0 aliphatic carbocycles. The molecule has 2 aliphatic heterocycles. The van der Waals surface area contributed by atoms with E-state index in [4.69, 9.17) is 4.74 Å². The number of hydrogen-bond donors (Lipinski definition) is 1. The molecule has 114 valence electrons. The molecule has 1 N–H and O–H groups in total. The van der Waals surface area contributed by atoms with Crippen LogP contribution in [0.25, 0.3) is 0 Å². The molecule has 2 saturated heterocycles. The van der Waals surface area contributed by atoms with E-state index in [2.05, 4.69) is 4.98 Å². The predicted molar refractivity (Wildman–Crippen MR) is 75.4 cm³/mol. The lowest BCUT2D eigenvalue weighted by Gasteiger charge is -2.16. The predicted octanol–water partition coefficient (Wildman–Crippen LogP) is -0.0484. The van der Waals surface area contributed by atoms with Crippen LogP contribution >= 0.6 is 0 Å². The zero-order valence-electron chi connectivity index (χ0n) is 11.8. The second-order valence-electron chi connectivity index (χ2n) is 5.56. The van der Waals surface area contributed by atoms with E-state index >= 15 is 0 Å². The number of hydrogen-bond acceptors (Lipinski definition) is 4. The zero-order chi connectivity index (χ0) is 14.8. The first-order valence-corrected chi connectivity index (χ1v) is 7.40. The Morgan fingerprint density at radius 1 is 1.29 bits per heavy atom. The van der Waals surface area contributed by atoms with Crippen LogP contribution < -0.4 is 11.2 Å². The summed E-state index contributed by atoms with van der Waals surface area (Å²) >= 11 is 0. The maximum Gasteiger partial charge on any atom is 0.328 e. The van der Waals surface area contributed by atoms with Gasteiger partial charge in [0.2, 0.25) is 0 Å². The maximum atomic E-state index is 12.4. The molecule has 0 spiro atoms. The molecule has 1 unspecified atom stereocenters. The fraction of sp³-hybridized carbons (Fsp3) is 0.643. The number of nitrogens with zero attached hydrogens (tertiary/aromatic N) is 2. The van der Waals surface area contributed by atoms with E-state index in [1.54, 1.807) is 4.90 Å². The fourth-order valence-electron chi connectivity index (χ4n) is 2.91. The Morgan fingerprint density at radius 3 is 2.71 bits per heavy atom. The number of aromatic nitrogens is 2. The Bertz CT molecular complexity index is 636. The van der Waals surface area contributed by atoms with Crippen molar-refractivity contribution in [1.29, 1.82) is 0 Å². The zero-order valence-corrected chi connectivity index (χ0v) is 11.8. The topological polar surface area (TPSA) is 84.4 Å². The summed E-state index contributed by atoms with van der Waals surface area (Å²) in [6, 6.07) is 0. The summed E-state index contributed by atoms with van der Waals surface area (Å²) in [5.41, 5.74) is -0.978. The minimum Gasteiger partial charge on any atom is -0.376 e. The van der Waals surface area contributed by atoms with Gasteiger partial charge >= 0.3 is 5.69 Å². The second kappa shape index (κ2) is 5.85. The van der Waals surface area contributed by atoms with Gasteiger partial charge < -0.3 is 14.6 Å². The molecule has 1 amide bonds. The highest BCUT2D eigenvalue weighted by Crippen LogP contribution is 2.13. The highest BCUT2D eigenvalue weighted by atomic mass is 16.5. The lowest BCUT2D eigenvalue weighted by Crippen LogP contribution is -2.43. The third kappa shape index (κ3) is 2.78. The van der Waals surface area contributed by atoms with E-state index in [-0.39, 0.29) is 24.1 Å². The van der Waals surface area contributed by atoms with Crippen molar-refractivity contribution in [2.24, 2.45) is 0 Å². The van der Waals surface area contributed by atoms with Crippen LogP contribution in [0.2, 0.25) is 0 Å². The van der Waals surface area contributed by atoms with Gasteiger partial charge in [-0.15, -0.1) is 0 Å². The SMILES string of the molecule is O=C(c1c[nH]c(=O)n(CC2CCCO2)c1=O)N1CCCC1. The molecule has 0 bridgehead atoms. The van der Waals surface area contributed by atoms with Crippen molar-refractivity contribution in [2.45, 2.75) is 38.3 Å². The highest BCUT2D eigenvalue weighted by molar-refractivity contribution is 5.93. The molecule has 7 nitrogen and oxygen atoms in total. The Kier molecular flexibility index (Phi) is 3.92. The van der Waals surface area contributed by atoms with E-state index < -0.39 is 11.2 Å². The van der Waals surface area contributed by atoms with Crippen molar-refractivity contribution < 1.29 is 9.53 Å². The largest absolute Gasteiger partial charge is 0.376 e. The molecule has 2 fully saturated rings. The molecule has 7 heteroatoms. The molecular weight excluding hydrogens is 274 g/mol. The van der Waals surface area contributed by atoms with Gasteiger partial charge in [-0.2, -0.15) is 0 Å². The first kappa shape index (κ1) is 14.1. The Balaban J connectivity index is 1.89. The fourth-order valence-corrected chi connectivity index (χ4v) is 2.91. The smallest absolute Gasteiger partial charge is 0.328 e. The summed E-state index contributed by atoms with van der Waals surface area (Å²) in [6.45, 7) is 2.20. The van der Waals surface area contributed by atoms with Crippen LogP contribution in [0.4, 0.5) is 0 Å². The number of H-pyrrole nitrogens is 1. The van der Waals surface area contributed by atoms with Gasteiger partial charge in [0.25, 0.3) is 11.5 Å². The summed E-state index contributed by atoms with van der Waals surface area (Å²) in [7, 11) is 0. The molecular formula is C14H19N3O4. The third-order valence-corrected chi connectivity index (χ3v) is 4.09. The molecule has 1 aromatic rings. The van der Waals surface area contributed by atoms with E-state index in [0.29, 0.717) is 19.7 Å². The highest BCUT2D eigenvalue weighted by Gasteiger charge is 2.25. The van der Waals surface area contributed by atoms with Gasteiger partial charge in [-0.05, 0) is 25.7 Å². The lowest BCUT2D eigenvalue weighted by molar-refractivity contribution is 0.0784. The minimum atomic E-state index is -0.522. The Labute approximate surface area is 121 Å². The summed E-state index contributed by atoms with van der Waals surface area (Å²) in [6.07, 6.45) is 4.79. The van der Waals surface area contributed by atoms with Crippen LogP contribution in [0.5, 0.6) is 0 Å². The molecule has 1 atom stereocenters. The van der Waals surface area contributed by atoms with Crippen LogP contribution in [0.1, 0.15) is 36.0 Å². The van der Waals surface area contributed by atoms with E-state index in [9.17, 15) is 14.4 Å². The van der Waals surface area contributed by atoms with Gasteiger partial charge in [0.1, 0.15) is 5.56 Å². The van der Waals surface area contributed by atoms with Gasteiger partial charge in [-0.1, -0.05) is 0 Å². The lowest BCUT2D eigenvalue weighted by atomic mass is 10.2. The molecule has 2 aliphatic rings. The number of aromatic amines is 1. The number of ether oxygens (including phenoxy) is 1. The van der Waals surface area contributed by atoms with Crippen molar-refractivity contribution in [2.75, 3.05) is 19.7 Å². The van der Waals surface area contributed by atoms with Crippen molar-refractivity contribution in [3.63, 3.8) is 0 Å². The van der Waals surface area contributed by atoms with Crippen LogP contribution in [0, 0.1) is 0 Å². The molecule has 0 saturated carbocycles. The summed E-state index contributed by atoms with van der Waals surface area (Å²) in [5.74, 6) is -0.296. The Morgan fingerprint density at radius 2 is 2.05 bits per heavy atom. The van der Waals surface area contributed by atoms with Crippen LogP contribution in [0.15, 0.2) is 15.8 Å². The van der Waals surface area contributed by atoms with Crippen molar-refractivity contribution in [1.82, 2.24) is 14.5 Å². The molecule has 0 radical (unpaired) electrons. The average Bonchev–Trinajstić information content (AvgIpc) is 3.16. The number of likely N-dealkylation sites (tertiary alicyclic amines) is 1. The number of rotatable bonds is 3. The number of carbonyl (C=O) groups is 1. The number of amides is 1. The third-order valence-electron chi connectivity index (χ3n) is 4.09. The van der Waals surface area contributed by atoms with Gasteiger partial charge in [0.15, 0.2) is 0 Å². The van der Waals surface area contributed by atoms with Gasteiger partial charge in [-0.25, -0.2) is 4.79 Å². The van der Waals surface area contributed by atoms with Crippen LogP contribution in [-0.2, 0) is 11.3 Å². The monoisotopic (exact) mass is 293 g/mol. The standard InChI is InChI=1S/C14H19N3O4/c18-12(16-5-1-2-6-16)11-8-15-14(20)17(13(11)19)9-10-4-3-7-21-10/h8,10H,1-7,9H2,(H,15,20). The molecule has 1 aromatic heterocycles. The van der Waals surface area contributed by atoms with Crippen molar-refractivity contribution in [3.8, 4) is 0 Å². The van der Waals surface area contributed by atoms with Crippen molar-refractivity contribution >= 4 is 5.91 Å². The van der Waals surface area contributed by atoms with Crippen LogP contribution in [-0.4, -0.2) is 46.2 Å². The number of carbonyl (C=O) groups excluding carboxylic acids is 1. The Hall–Kier alpha value is -1.89. The second-order valence-corrected chi connectivity index (χ2v) is 5.56. The van der Waals surface area contributed by atoms with Crippen LogP contribution in [0.3, 0.4) is 0 Å². The summed E-state index contributed by atoms with van der Waals surface area (Å²) < 4.78 is 6.54. The minimum absolute atomic E-state index is 0.0366. The normalized spacial score (nSPS) is 21.9. The van der Waals surface area contributed by atoms with E-state index in [1.807, 2.05) is 0 Å². The van der Waals surface area contributed by atoms with Gasteiger partial charge in [0.05, 0.1) is 12.6 Å². The number of nitrogens with one attached hydrogen (secondary N) is 1.